The van der Waals surface area contributed by atoms with Gasteiger partial charge in [0.1, 0.15) is 0 Å². The van der Waals surface area contributed by atoms with Crippen molar-refractivity contribution in [3.05, 3.63) is 0 Å². The van der Waals surface area contributed by atoms with E-state index >= 15 is 0 Å². The summed E-state index contributed by atoms with van der Waals surface area (Å²) in [6.07, 6.45) is 13.5. The van der Waals surface area contributed by atoms with Gasteiger partial charge in [-0.05, 0) is 43.4 Å². The number of hydrogen-bond donors (Lipinski definition) is 1. The Hall–Kier alpha value is -0.0400. The molecule has 0 radical (unpaired) electrons. The number of hydrogen-bond acceptors (Lipinski definition) is 1. The molecular formula is C13H23N. The van der Waals surface area contributed by atoms with Crippen molar-refractivity contribution < 1.29 is 0 Å². The molecule has 80 valence electrons. The zero-order valence-electron chi connectivity index (χ0n) is 9.23. The lowest BCUT2D eigenvalue weighted by atomic mass is 9.68. The molecule has 2 aliphatic carbocycles. The first-order valence-corrected chi connectivity index (χ1v) is 6.61. The maximum atomic E-state index is 3.85. The van der Waals surface area contributed by atoms with Crippen LogP contribution in [0, 0.1) is 11.3 Å². The molecule has 1 N–H and O–H groups in total. The molecule has 0 bridgehead atoms. The van der Waals surface area contributed by atoms with Crippen molar-refractivity contribution in [2.75, 3.05) is 6.54 Å². The fourth-order valence-corrected chi connectivity index (χ4v) is 4.20. The molecule has 3 fully saturated rings. The molecule has 1 heteroatoms. The van der Waals surface area contributed by atoms with Gasteiger partial charge < -0.3 is 5.32 Å². The molecule has 0 amide bonds. The van der Waals surface area contributed by atoms with Gasteiger partial charge in [-0.25, -0.2) is 0 Å². The van der Waals surface area contributed by atoms with E-state index in [9.17, 15) is 0 Å². The monoisotopic (exact) mass is 193 g/mol. The van der Waals surface area contributed by atoms with Gasteiger partial charge in [-0.15, -0.1) is 0 Å². The Morgan fingerprint density at radius 1 is 0.929 bits per heavy atom. The van der Waals surface area contributed by atoms with Crippen LogP contribution in [-0.4, -0.2) is 12.6 Å². The summed E-state index contributed by atoms with van der Waals surface area (Å²) in [6.45, 7) is 1.34. The van der Waals surface area contributed by atoms with Gasteiger partial charge in [0.05, 0.1) is 0 Å². The number of piperidine rings is 1. The van der Waals surface area contributed by atoms with Crippen molar-refractivity contribution in [1.82, 2.24) is 5.32 Å². The Balaban J connectivity index is 1.70. The van der Waals surface area contributed by atoms with Crippen molar-refractivity contribution in [2.45, 2.75) is 63.8 Å². The van der Waals surface area contributed by atoms with E-state index < -0.39 is 0 Å². The largest absolute Gasteiger partial charge is 0.313 e. The fraction of sp³-hybridized carbons (Fsp3) is 1.00. The van der Waals surface area contributed by atoms with Crippen molar-refractivity contribution >= 4 is 0 Å². The van der Waals surface area contributed by atoms with Crippen LogP contribution in [0.1, 0.15) is 57.8 Å². The number of nitrogens with one attached hydrogen (secondary N) is 1. The topological polar surface area (TPSA) is 12.0 Å². The van der Waals surface area contributed by atoms with E-state index in [1.807, 2.05) is 0 Å². The van der Waals surface area contributed by atoms with Crippen LogP contribution in [0.25, 0.3) is 0 Å². The standard InChI is InChI=1S/C13H23N/c1-2-6-12-11(5-1)9-13(10-14-12)7-3-4-8-13/h11-12,14H,1-10H2. The Kier molecular flexibility index (Phi) is 2.31. The molecule has 0 aromatic rings. The highest BCUT2D eigenvalue weighted by Gasteiger charge is 2.42. The zero-order chi connectivity index (χ0) is 9.43. The summed E-state index contributed by atoms with van der Waals surface area (Å²) in [4.78, 5) is 0. The smallest absolute Gasteiger partial charge is 0.00957 e. The summed E-state index contributed by atoms with van der Waals surface area (Å²) in [5, 5.41) is 3.85. The predicted octanol–water partition coefficient (Wildman–Crippen LogP) is 3.10. The minimum Gasteiger partial charge on any atom is -0.313 e. The molecule has 0 aromatic carbocycles. The van der Waals surface area contributed by atoms with Crippen molar-refractivity contribution in [2.24, 2.45) is 11.3 Å². The van der Waals surface area contributed by atoms with Crippen LogP contribution in [-0.2, 0) is 0 Å². The van der Waals surface area contributed by atoms with E-state index in [0.29, 0.717) is 0 Å². The Bertz CT molecular complexity index is 205. The lowest BCUT2D eigenvalue weighted by Crippen LogP contribution is -2.51. The minimum absolute atomic E-state index is 0.749. The van der Waals surface area contributed by atoms with E-state index in [-0.39, 0.29) is 0 Å². The fourth-order valence-electron chi connectivity index (χ4n) is 4.20. The van der Waals surface area contributed by atoms with Crippen LogP contribution < -0.4 is 5.32 Å². The maximum absolute atomic E-state index is 3.85. The average Bonchev–Trinajstić information content (AvgIpc) is 2.66. The molecule has 1 nitrogen and oxygen atoms in total. The molecule has 3 aliphatic rings. The third-order valence-corrected chi connectivity index (χ3v) is 5.01. The first-order chi connectivity index (χ1) is 6.88. The first-order valence-electron chi connectivity index (χ1n) is 6.61. The second kappa shape index (κ2) is 3.52. The summed E-state index contributed by atoms with van der Waals surface area (Å²) in [5.74, 6) is 1.04. The molecule has 14 heavy (non-hydrogen) atoms. The van der Waals surface area contributed by atoms with Crippen molar-refractivity contribution in [3.63, 3.8) is 0 Å². The highest BCUT2D eigenvalue weighted by atomic mass is 15.0. The van der Waals surface area contributed by atoms with Crippen LogP contribution >= 0.6 is 0 Å². The van der Waals surface area contributed by atoms with Gasteiger partial charge in [-0.3, -0.25) is 0 Å². The SMILES string of the molecule is C1CCC2NCC3(CCCC3)CC2C1. The number of fused-ring (bicyclic) bond motifs is 1. The lowest BCUT2D eigenvalue weighted by molar-refractivity contribution is 0.0943. The summed E-state index contributed by atoms with van der Waals surface area (Å²) in [7, 11) is 0. The van der Waals surface area contributed by atoms with Gasteiger partial charge >= 0.3 is 0 Å². The summed E-state index contributed by atoms with van der Waals surface area (Å²) in [6, 6.07) is 0.898. The summed E-state index contributed by atoms with van der Waals surface area (Å²) < 4.78 is 0. The third-order valence-electron chi connectivity index (χ3n) is 5.01. The Morgan fingerprint density at radius 2 is 1.71 bits per heavy atom. The molecule has 0 aromatic heterocycles. The Morgan fingerprint density at radius 3 is 2.57 bits per heavy atom. The molecule has 1 aliphatic heterocycles. The van der Waals surface area contributed by atoms with Gasteiger partial charge in [-0.2, -0.15) is 0 Å². The molecule has 2 saturated carbocycles. The first kappa shape index (κ1) is 9.21. The quantitative estimate of drug-likeness (QED) is 0.623. The van der Waals surface area contributed by atoms with Crippen LogP contribution in [0.2, 0.25) is 0 Å². The van der Waals surface area contributed by atoms with Crippen LogP contribution in [0.4, 0.5) is 0 Å². The second-order valence-corrected chi connectivity index (χ2v) is 5.94. The normalized spacial score (nSPS) is 41.1. The van der Waals surface area contributed by atoms with E-state index in [1.54, 1.807) is 6.42 Å². The minimum atomic E-state index is 0.749. The van der Waals surface area contributed by atoms with Crippen LogP contribution in [0.3, 0.4) is 0 Å². The Labute approximate surface area is 87.7 Å². The lowest BCUT2D eigenvalue weighted by Gasteiger charge is -2.45. The molecule has 3 rings (SSSR count). The highest BCUT2D eigenvalue weighted by Crippen LogP contribution is 2.48. The highest BCUT2D eigenvalue weighted by molar-refractivity contribution is 4.97. The van der Waals surface area contributed by atoms with Gasteiger partial charge in [-0.1, -0.05) is 25.7 Å². The van der Waals surface area contributed by atoms with Gasteiger partial charge in [0, 0.05) is 12.6 Å². The van der Waals surface area contributed by atoms with E-state index in [2.05, 4.69) is 5.32 Å². The average molecular weight is 193 g/mol. The molecule has 2 unspecified atom stereocenters. The van der Waals surface area contributed by atoms with Crippen molar-refractivity contribution in [1.29, 1.82) is 0 Å². The summed E-state index contributed by atoms with van der Waals surface area (Å²) >= 11 is 0. The number of rotatable bonds is 0. The second-order valence-electron chi connectivity index (χ2n) is 5.94. The van der Waals surface area contributed by atoms with Crippen LogP contribution in [0.15, 0.2) is 0 Å². The summed E-state index contributed by atoms with van der Waals surface area (Å²) in [5.41, 5.74) is 0.749. The van der Waals surface area contributed by atoms with Gasteiger partial charge in [0.15, 0.2) is 0 Å². The molecular weight excluding hydrogens is 170 g/mol. The molecule has 2 atom stereocenters. The molecule has 1 spiro atoms. The maximum Gasteiger partial charge on any atom is 0.00957 e. The molecule has 1 heterocycles. The van der Waals surface area contributed by atoms with E-state index in [0.717, 1.165) is 17.4 Å². The third kappa shape index (κ3) is 1.50. The predicted molar refractivity (Wildman–Crippen MR) is 59.3 cm³/mol. The van der Waals surface area contributed by atoms with Gasteiger partial charge in [0.2, 0.25) is 0 Å². The van der Waals surface area contributed by atoms with Gasteiger partial charge in [0.25, 0.3) is 0 Å². The zero-order valence-corrected chi connectivity index (χ0v) is 9.23. The molecule has 1 saturated heterocycles. The van der Waals surface area contributed by atoms with E-state index in [4.69, 9.17) is 0 Å². The van der Waals surface area contributed by atoms with Crippen molar-refractivity contribution in [3.8, 4) is 0 Å². The van der Waals surface area contributed by atoms with Crippen LogP contribution in [0.5, 0.6) is 0 Å². The van der Waals surface area contributed by atoms with E-state index in [1.165, 1.54) is 57.9 Å².